The average Bonchev–Trinajstić information content (AvgIpc) is 2.86. The summed E-state index contributed by atoms with van der Waals surface area (Å²) in [4.78, 5) is 12.3. The van der Waals surface area contributed by atoms with Crippen LogP contribution >= 0.6 is 0 Å². The number of benzene rings is 1. The molecule has 0 amide bonds. The van der Waals surface area contributed by atoms with Gasteiger partial charge in [0.15, 0.2) is 0 Å². The summed E-state index contributed by atoms with van der Waals surface area (Å²) in [5.74, 6) is -0.475. The van der Waals surface area contributed by atoms with Crippen LogP contribution in [0.1, 0.15) is 40.0 Å². The van der Waals surface area contributed by atoms with E-state index in [2.05, 4.69) is 4.72 Å². The van der Waals surface area contributed by atoms with E-state index in [1.165, 1.54) is 0 Å². The molecule has 0 saturated heterocycles. The predicted molar refractivity (Wildman–Crippen MR) is 83.7 cm³/mol. The Hall–Kier alpha value is -1.40. The molecule has 1 aromatic rings. The molecule has 0 bridgehead atoms. The number of nitrogens with one attached hydrogen (secondary N) is 1. The van der Waals surface area contributed by atoms with E-state index in [0.717, 1.165) is 0 Å². The highest BCUT2D eigenvalue weighted by Gasteiger charge is 2.34. The second kappa shape index (κ2) is 6.38. The van der Waals surface area contributed by atoms with Crippen LogP contribution in [0.15, 0.2) is 35.2 Å². The molecular weight excluding hydrogens is 302 g/mol. The summed E-state index contributed by atoms with van der Waals surface area (Å²) in [6.45, 7) is 5.49. The lowest BCUT2D eigenvalue weighted by Gasteiger charge is -2.22. The van der Waals surface area contributed by atoms with Crippen molar-refractivity contribution in [2.75, 3.05) is 0 Å². The number of hydrogen-bond donors (Lipinski definition) is 1. The summed E-state index contributed by atoms with van der Waals surface area (Å²) in [5, 5.41) is 0. The molecule has 6 heteroatoms. The number of rotatable bonds is 4. The zero-order chi connectivity index (χ0) is 16.4. The summed E-state index contributed by atoms with van der Waals surface area (Å²) >= 11 is 0. The van der Waals surface area contributed by atoms with Crippen molar-refractivity contribution in [1.82, 2.24) is 4.72 Å². The molecule has 5 nitrogen and oxygen atoms in total. The average molecular weight is 325 g/mol. The Morgan fingerprint density at radius 3 is 2.41 bits per heavy atom. The summed E-state index contributed by atoms with van der Waals surface area (Å²) in [5.41, 5.74) is -0.515. The van der Waals surface area contributed by atoms with Crippen molar-refractivity contribution in [1.29, 1.82) is 0 Å². The first-order valence-electron chi connectivity index (χ1n) is 7.47. The van der Waals surface area contributed by atoms with Crippen LogP contribution in [0.3, 0.4) is 0 Å². The van der Waals surface area contributed by atoms with Gasteiger partial charge in [-0.15, -0.1) is 0 Å². The molecule has 0 heterocycles. The maximum atomic E-state index is 12.3. The van der Waals surface area contributed by atoms with E-state index in [9.17, 15) is 13.2 Å². The number of hydrogen-bond acceptors (Lipinski definition) is 4. The first kappa shape index (κ1) is 17.0. The van der Waals surface area contributed by atoms with Crippen LogP contribution in [0.2, 0.25) is 0 Å². The Bertz CT molecular complexity index is 619. The number of sulfonamides is 1. The fourth-order valence-corrected chi connectivity index (χ4v) is 3.88. The van der Waals surface area contributed by atoms with Crippen molar-refractivity contribution >= 4 is 16.0 Å². The van der Waals surface area contributed by atoms with Crippen LogP contribution in [0.25, 0.3) is 0 Å². The maximum absolute atomic E-state index is 12.3. The molecule has 122 valence electrons. The highest BCUT2D eigenvalue weighted by molar-refractivity contribution is 7.89. The second-order valence-electron chi connectivity index (χ2n) is 6.67. The molecule has 0 aliphatic heterocycles. The summed E-state index contributed by atoms with van der Waals surface area (Å²) in [7, 11) is -3.53. The third kappa shape index (κ3) is 4.55. The van der Waals surface area contributed by atoms with Crippen LogP contribution in [-0.2, 0) is 19.6 Å². The molecule has 1 saturated carbocycles. The predicted octanol–water partition coefficient (Wildman–Crippen LogP) is 2.48. The largest absolute Gasteiger partial charge is 0.460 e. The molecular formula is C16H23NO4S. The Kier molecular flexibility index (Phi) is 4.92. The minimum Gasteiger partial charge on any atom is -0.460 e. The first-order chi connectivity index (χ1) is 10.2. The van der Waals surface area contributed by atoms with Gasteiger partial charge in [0.25, 0.3) is 0 Å². The van der Waals surface area contributed by atoms with Gasteiger partial charge in [-0.1, -0.05) is 18.2 Å². The van der Waals surface area contributed by atoms with Crippen LogP contribution in [0.5, 0.6) is 0 Å². The Morgan fingerprint density at radius 2 is 1.82 bits per heavy atom. The van der Waals surface area contributed by atoms with Crippen molar-refractivity contribution in [3.05, 3.63) is 30.3 Å². The molecule has 2 atom stereocenters. The van der Waals surface area contributed by atoms with Crippen molar-refractivity contribution in [2.24, 2.45) is 5.92 Å². The van der Waals surface area contributed by atoms with Gasteiger partial charge in [-0.2, -0.15) is 0 Å². The lowest BCUT2D eigenvalue weighted by atomic mass is 10.1. The molecule has 0 aromatic heterocycles. The van der Waals surface area contributed by atoms with E-state index in [1.54, 1.807) is 30.3 Å². The fourth-order valence-electron chi connectivity index (χ4n) is 2.57. The van der Waals surface area contributed by atoms with Crippen LogP contribution in [0, 0.1) is 5.92 Å². The minimum absolute atomic E-state index is 0.220. The van der Waals surface area contributed by atoms with Gasteiger partial charge in [0.2, 0.25) is 10.0 Å². The lowest BCUT2D eigenvalue weighted by molar-refractivity contribution is -0.159. The van der Waals surface area contributed by atoms with Gasteiger partial charge in [-0.25, -0.2) is 13.1 Å². The van der Waals surface area contributed by atoms with Crippen molar-refractivity contribution in [3.8, 4) is 0 Å². The Balaban J connectivity index is 1.95. The Labute approximate surface area is 132 Å². The first-order valence-corrected chi connectivity index (χ1v) is 8.96. The third-order valence-electron chi connectivity index (χ3n) is 3.55. The molecule has 22 heavy (non-hydrogen) atoms. The van der Waals surface area contributed by atoms with E-state index < -0.39 is 15.6 Å². The molecule has 1 aliphatic carbocycles. The number of carbonyl (C=O) groups excluding carboxylic acids is 1. The normalized spacial score (nSPS) is 22.5. The van der Waals surface area contributed by atoms with Gasteiger partial charge in [0, 0.05) is 6.04 Å². The van der Waals surface area contributed by atoms with E-state index in [4.69, 9.17) is 4.74 Å². The Morgan fingerprint density at radius 1 is 1.18 bits per heavy atom. The lowest BCUT2D eigenvalue weighted by Crippen LogP contribution is -2.34. The smallest absolute Gasteiger partial charge is 0.309 e. The van der Waals surface area contributed by atoms with Gasteiger partial charge in [-0.05, 0) is 52.2 Å². The van der Waals surface area contributed by atoms with Gasteiger partial charge < -0.3 is 4.74 Å². The third-order valence-corrected chi connectivity index (χ3v) is 5.08. The zero-order valence-corrected chi connectivity index (χ0v) is 14.0. The monoisotopic (exact) mass is 325 g/mol. The van der Waals surface area contributed by atoms with E-state index in [1.807, 2.05) is 20.8 Å². The van der Waals surface area contributed by atoms with Gasteiger partial charge in [-0.3, -0.25) is 4.79 Å². The SMILES string of the molecule is CC(C)(C)OC(=O)[C@@H]1CC[C@H](NS(=O)(=O)c2ccccc2)C1. The summed E-state index contributed by atoms with van der Waals surface area (Å²) in [6.07, 6.45) is 1.79. The van der Waals surface area contributed by atoms with Crippen molar-refractivity contribution in [3.63, 3.8) is 0 Å². The van der Waals surface area contributed by atoms with Crippen LogP contribution < -0.4 is 4.72 Å². The van der Waals surface area contributed by atoms with Crippen molar-refractivity contribution < 1.29 is 17.9 Å². The molecule has 1 N–H and O–H groups in total. The topological polar surface area (TPSA) is 72.5 Å². The van der Waals surface area contributed by atoms with E-state index in [-0.39, 0.29) is 22.8 Å². The molecule has 1 fully saturated rings. The fraction of sp³-hybridized carbons (Fsp3) is 0.562. The summed E-state index contributed by atoms with van der Waals surface area (Å²) in [6, 6.07) is 8.04. The second-order valence-corrected chi connectivity index (χ2v) is 8.39. The molecule has 0 spiro atoms. The van der Waals surface area contributed by atoms with Crippen LogP contribution in [-0.4, -0.2) is 26.0 Å². The van der Waals surface area contributed by atoms with E-state index >= 15 is 0 Å². The van der Waals surface area contributed by atoms with Crippen molar-refractivity contribution in [2.45, 2.75) is 56.6 Å². The number of ether oxygens (including phenoxy) is 1. The van der Waals surface area contributed by atoms with Gasteiger partial charge in [0.05, 0.1) is 10.8 Å². The molecule has 0 unspecified atom stereocenters. The molecule has 2 rings (SSSR count). The number of carbonyl (C=O) groups is 1. The highest BCUT2D eigenvalue weighted by atomic mass is 32.2. The molecule has 0 radical (unpaired) electrons. The van der Waals surface area contributed by atoms with Crippen LogP contribution in [0.4, 0.5) is 0 Å². The quantitative estimate of drug-likeness (QED) is 0.863. The minimum atomic E-state index is -3.53. The summed E-state index contributed by atoms with van der Waals surface area (Å²) < 4.78 is 32.6. The van der Waals surface area contributed by atoms with E-state index in [0.29, 0.717) is 19.3 Å². The van der Waals surface area contributed by atoms with Gasteiger partial charge >= 0.3 is 5.97 Å². The molecule has 1 aromatic carbocycles. The van der Waals surface area contributed by atoms with Gasteiger partial charge in [0.1, 0.15) is 5.60 Å². The standard InChI is InChI=1S/C16H23NO4S/c1-16(2,3)21-15(18)12-9-10-13(11-12)17-22(19,20)14-7-5-4-6-8-14/h4-8,12-13,17H,9-11H2,1-3H3/t12-,13+/m1/s1. The number of esters is 1. The maximum Gasteiger partial charge on any atom is 0.309 e. The molecule has 1 aliphatic rings. The zero-order valence-electron chi connectivity index (χ0n) is 13.2. The highest BCUT2D eigenvalue weighted by Crippen LogP contribution is 2.29.